The number of hydrogen-bond donors (Lipinski definition) is 4. The first-order chi connectivity index (χ1) is 14.6. The predicted octanol–water partition coefficient (Wildman–Crippen LogP) is 3.38. The highest BCUT2D eigenvalue weighted by Crippen LogP contribution is 2.39. The molecule has 9 heteroatoms. The molecule has 0 atom stereocenters. The Morgan fingerprint density at radius 3 is 3.00 bits per heavy atom. The third-order valence-corrected chi connectivity index (χ3v) is 5.84. The van der Waals surface area contributed by atoms with E-state index in [9.17, 15) is 9.59 Å². The van der Waals surface area contributed by atoms with Crippen molar-refractivity contribution >= 4 is 50.8 Å². The molecule has 1 aliphatic heterocycles. The van der Waals surface area contributed by atoms with Crippen LogP contribution in [0, 0.1) is 0 Å². The Hall–Kier alpha value is -3.85. The molecule has 0 spiro atoms. The second-order valence-electron chi connectivity index (χ2n) is 6.74. The van der Waals surface area contributed by atoms with Crippen LogP contribution in [0.2, 0.25) is 0 Å². The highest BCUT2D eigenvalue weighted by molar-refractivity contribution is 7.18. The molecule has 0 saturated heterocycles. The number of rotatable bonds is 5. The maximum absolute atomic E-state index is 12.6. The summed E-state index contributed by atoms with van der Waals surface area (Å²) in [5, 5.41) is 6.38. The Kier molecular flexibility index (Phi) is 4.36. The van der Waals surface area contributed by atoms with Gasteiger partial charge >= 0.3 is 0 Å². The molecule has 0 unspecified atom stereocenters. The number of imidazole rings is 1. The summed E-state index contributed by atoms with van der Waals surface area (Å²) in [7, 11) is 1.61. The Morgan fingerprint density at radius 2 is 2.20 bits per heavy atom. The molecule has 5 rings (SSSR count). The maximum Gasteiger partial charge on any atom is 0.261 e. The minimum atomic E-state index is -0.221. The van der Waals surface area contributed by atoms with Gasteiger partial charge in [0.05, 0.1) is 35.1 Å². The number of hydrogen-bond acceptors (Lipinski definition) is 5. The minimum Gasteiger partial charge on any atom is -0.497 e. The van der Waals surface area contributed by atoms with E-state index in [-0.39, 0.29) is 18.4 Å². The van der Waals surface area contributed by atoms with Crippen molar-refractivity contribution in [2.75, 3.05) is 12.4 Å². The number of carbonyl (C=O) groups excluding carboxylic acids is 2. The topological polar surface area (TPSA) is 112 Å². The van der Waals surface area contributed by atoms with Crippen LogP contribution in [0.15, 0.2) is 42.6 Å². The number of benzene rings is 1. The minimum absolute atomic E-state index is 0.171. The first-order valence-electron chi connectivity index (χ1n) is 9.22. The number of anilines is 1. The number of amides is 2. The smallest absolute Gasteiger partial charge is 0.261 e. The number of ether oxygens (including phenoxy) is 1. The molecule has 4 aromatic rings. The van der Waals surface area contributed by atoms with E-state index in [0.29, 0.717) is 21.3 Å². The normalized spacial score (nSPS) is 14.2. The zero-order chi connectivity index (χ0) is 20.7. The number of nitrogens with zero attached hydrogens (tertiary/aromatic N) is 1. The summed E-state index contributed by atoms with van der Waals surface area (Å²) in [5.41, 5.74) is 3.74. The van der Waals surface area contributed by atoms with E-state index in [0.717, 1.165) is 28.0 Å². The molecule has 4 N–H and O–H groups in total. The zero-order valence-corrected chi connectivity index (χ0v) is 16.7. The first kappa shape index (κ1) is 18.2. The van der Waals surface area contributed by atoms with Crippen LogP contribution in [0.1, 0.15) is 26.8 Å². The van der Waals surface area contributed by atoms with Gasteiger partial charge in [0.25, 0.3) is 11.8 Å². The quantitative estimate of drug-likeness (QED) is 0.372. The van der Waals surface area contributed by atoms with Crippen LogP contribution in [0.5, 0.6) is 5.75 Å². The summed E-state index contributed by atoms with van der Waals surface area (Å²) in [6.07, 6.45) is 3.57. The molecule has 4 heterocycles. The van der Waals surface area contributed by atoms with Gasteiger partial charge in [-0.05, 0) is 36.4 Å². The molecule has 1 aromatic carbocycles. The molecule has 150 valence electrons. The number of fused-ring (bicyclic) bond motifs is 2. The van der Waals surface area contributed by atoms with Gasteiger partial charge in [-0.1, -0.05) is 0 Å². The van der Waals surface area contributed by atoms with Crippen LogP contribution in [-0.4, -0.2) is 33.9 Å². The Labute approximate surface area is 175 Å². The number of nitrogens with one attached hydrogen (secondary N) is 4. The van der Waals surface area contributed by atoms with Crippen molar-refractivity contribution in [3.05, 3.63) is 64.6 Å². The van der Waals surface area contributed by atoms with E-state index in [1.54, 1.807) is 25.4 Å². The van der Waals surface area contributed by atoms with Gasteiger partial charge in [-0.25, -0.2) is 4.98 Å². The van der Waals surface area contributed by atoms with Crippen molar-refractivity contribution in [1.29, 1.82) is 0 Å². The van der Waals surface area contributed by atoms with Crippen molar-refractivity contribution < 1.29 is 14.3 Å². The number of H-pyrrole nitrogens is 2. The third-order valence-electron chi connectivity index (χ3n) is 4.79. The maximum atomic E-state index is 12.6. The van der Waals surface area contributed by atoms with E-state index in [2.05, 4.69) is 25.6 Å². The fraction of sp³-hybridized carbons (Fsp3) is 0.0952. The van der Waals surface area contributed by atoms with Gasteiger partial charge in [0.2, 0.25) is 0 Å². The van der Waals surface area contributed by atoms with Crippen molar-refractivity contribution in [3.63, 3.8) is 0 Å². The SMILES string of the molecule is COc1ccc2nc(CNC(=O)c3cc4c(s3)NC(=O)C4=Cc3ccc[nH]3)[nH]c2c1. The van der Waals surface area contributed by atoms with Crippen LogP contribution in [0.3, 0.4) is 0 Å². The number of aromatic amines is 2. The Bertz CT molecular complexity index is 1300. The van der Waals surface area contributed by atoms with Gasteiger partial charge in [0.15, 0.2) is 0 Å². The van der Waals surface area contributed by atoms with E-state index in [4.69, 9.17) is 4.74 Å². The number of thiophene rings is 1. The molecule has 2 amide bonds. The molecule has 8 nitrogen and oxygen atoms in total. The fourth-order valence-corrected chi connectivity index (χ4v) is 4.31. The lowest BCUT2D eigenvalue weighted by Gasteiger charge is -2.01. The van der Waals surface area contributed by atoms with Gasteiger partial charge in [0.1, 0.15) is 16.6 Å². The van der Waals surface area contributed by atoms with Gasteiger partial charge < -0.3 is 25.3 Å². The standard InChI is InChI=1S/C21H17N5O3S/c1-29-12-4-5-15-16(8-12)25-18(24-15)10-23-20(28)17-9-14-13(7-11-3-2-6-22-11)19(27)26-21(14)30-17/h2-9,22H,10H2,1H3,(H,23,28)(H,24,25)(H,26,27). The summed E-state index contributed by atoms with van der Waals surface area (Å²) in [4.78, 5) is 36.1. The van der Waals surface area contributed by atoms with Gasteiger partial charge in [-0.15, -0.1) is 11.3 Å². The van der Waals surface area contributed by atoms with Crippen LogP contribution in [0.4, 0.5) is 5.00 Å². The average Bonchev–Trinajstić information content (AvgIpc) is 3.51. The lowest BCUT2D eigenvalue weighted by Crippen LogP contribution is -2.22. The van der Waals surface area contributed by atoms with Crippen molar-refractivity contribution in [1.82, 2.24) is 20.3 Å². The second-order valence-corrected chi connectivity index (χ2v) is 7.79. The lowest BCUT2D eigenvalue weighted by atomic mass is 10.1. The van der Waals surface area contributed by atoms with Gasteiger partial charge in [-0.3, -0.25) is 9.59 Å². The van der Waals surface area contributed by atoms with E-state index >= 15 is 0 Å². The Morgan fingerprint density at radius 1 is 1.30 bits per heavy atom. The highest BCUT2D eigenvalue weighted by Gasteiger charge is 2.28. The summed E-state index contributed by atoms with van der Waals surface area (Å²) in [5.74, 6) is 0.993. The van der Waals surface area contributed by atoms with Crippen LogP contribution >= 0.6 is 11.3 Å². The monoisotopic (exact) mass is 419 g/mol. The van der Waals surface area contributed by atoms with Gasteiger partial charge in [-0.2, -0.15) is 0 Å². The lowest BCUT2D eigenvalue weighted by molar-refractivity contribution is -0.110. The average molecular weight is 419 g/mol. The van der Waals surface area contributed by atoms with Crippen LogP contribution in [-0.2, 0) is 11.3 Å². The molecule has 0 aliphatic carbocycles. The molecule has 3 aromatic heterocycles. The zero-order valence-electron chi connectivity index (χ0n) is 15.9. The molecule has 0 saturated carbocycles. The molecule has 0 fully saturated rings. The highest BCUT2D eigenvalue weighted by atomic mass is 32.1. The fourth-order valence-electron chi connectivity index (χ4n) is 3.32. The largest absolute Gasteiger partial charge is 0.497 e. The van der Waals surface area contributed by atoms with Crippen molar-refractivity contribution in [2.45, 2.75) is 6.54 Å². The third kappa shape index (κ3) is 3.25. The summed E-state index contributed by atoms with van der Waals surface area (Å²) < 4.78 is 5.21. The molecule has 1 aliphatic rings. The van der Waals surface area contributed by atoms with E-state index < -0.39 is 0 Å². The van der Waals surface area contributed by atoms with Crippen molar-refractivity contribution in [3.8, 4) is 5.75 Å². The molecule has 0 radical (unpaired) electrons. The molecule has 30 heavy (non-hydrogen) atoms. The van der Waals surface area contributed by atoms with Crippen molar-refractivity contribution in [2.24, 2.45) is 0 Å². The second kappa shape index (κ2) is 7.20. The first-order valence-corrected chi connectivity index (χ1v) is 10.0. The van der Waals surface area contributed by atoms with Crippen LogP contribution in [0.25, 0.3) is 22.7 Å². The van der Waals surface area contributed by atoms with E-state index in [1.807, 2.05) is 30.3 Å². The summed E-state index contributed by atoms with van der Waals surface area (Å²) >= 11 is 1.25. The van der Waals surface area contributed by atoms with E-state index in [1.165, 1.54) is 11.3 Å². The summed E-state index contributed by atoms with van der Waals surface area (Å²) in [6, 6.07) is 11.0. The molecular formula is C21H17N5O3S. The predicted molar refractivity (Wildman–Crippen MR) is 115 cm³/mol. The van der Waals surface area contributed by atoms with Crippen LogP contribution < -0.4 is 15.4 Å². The number of carbonyl (C=O) groups is 2. The number of aromatic nitrogens is 3. The molecular weight excluding hydrogens is 402 g/mol. The van der Waals surface area contributed by atoms with Gasteiger partial charge in [0, 0.05) is 23.5 Å². The summed E-state index contributed by atoms with van der Waals surface area (Å²) in [6.45, 7) is 0.260. The number of methoxy groups -OCH3 is 1. The molecule has 0 bridgehead atoms. The Balaban J connectivity index is 1.32.